The summed E-state index contributed by atoms with van der Waals surface area (Å²) in [6, 6.07) is 6.64. The Morgan fingerprint density at radius 2 is 1.75 bits per heavy atom. The first kappa shape index (κ1) is 18.1. The summed E-state index contributed by atoms with van der Waals surface area (Å²) < 4.78 is 10.7. The van der Waals surface area contributed by atoms with Crippen LogP contribution in [0.1, 0.15) is 39.0 Å². The third kappa shape index (κ3) is 4.88. The van der Waals surface area contributed by atoms with Crippen molar-refractivity contribution >= 4 is 11.9 Å². The summed E-state index contributed by atoms with van der Waals surface area (Å²) in [5.41, 5.74) is 0. The number of carbonyl (C=O) groups is 2. The van der Waals surface area contributed by atoms with Gasteiger partial charge in [-0.05, 0) is 44.0 Å². The van der Waals surface area contributed by atoms with Crippen LogP contribution >= 0.6 is 0 Å². The van der Waals surface area contributed by atoms with Crippen molar-refractivity contribution in [2.75, 3.05) is 7.11 Å². The van der Waals surface area contributed by atoms with E-state index < -0.39 is 18.0 Å². The van der Waals surface area contributed by atoms with Gasteiger partial charge >= 0.3 is 5.97 Å². The molecule has 0 aromatic heterocycles. The van der Waals surface area contributed by atoms with E-state index in [0.717, 1.165) is 19.3 Å². The normalized spacial score (nSPS) is 22.1. The monoisotopic (exact) mass is 335 g/mol. The minimum absolute atomic E-state index is 0.288. The molecule has 6 heteroatoms. The van der Waals surface area contributed by atoms with Gasteiger partial charge in [-0.15, -0.1) is 0 Å². The fourth-order valence-electron chi connectivity index (χ4n) is 2.99. The lowest BCUT2D eigenvalue weighted by Gasteiger charge is -2.24. The Balaban J connectivity index is 1.94. The smallest absolute Gasteiger partial charge is 0.308 e. The van der Waals surface area contributed by atoms with E-state index >= 15 is 0 Å². The lowest BCUT2D eigenvalue weighted by atomic mass is 9.94. The SMILES string of the molecule is COc1ccc(OC(C)C(=O)N[C@H]2CCCCC[C@H]2C(=O)O)cc1. The van der Waals surface area contributed by atoms with Crippen LogP contribution in [0.5, 0.6) is 11.5 Å². The molecule has 1 aromatic carbocycles. The fourth-order valence-corrected chi connectivity index (χ4v) is 2.99. The van der Waals surface area contributed by atoms with Crippen molar-refractivity contribution in [2.45, 2.75) is 51.2 Å². The van der Waals surface area contributed by atoms with E-state index in [2.05, 4.69) is 5.32 Å². The maximum atomic E-state index is 12.4. The zero-order valence-electron chi connectivity index (χ0n) is 14.2. The molecule has 1 aromatic rings. The van der Waals surface area contributed by atoms with Gasteiger partial charge in [0.05, 0.1) is 13.0 Å². The van der Waals surface area contributed by atoms with E-state index in [9.17, 15) is 14.7 Å². The Bertz CT molecular complexity index is 557. The van der Waals surface area contributed by atoms with Gasteiger partial charge in [-0.3, -0.25) is 9.59 Å². The number of hydrogen-bond donors (Lipinski definition) is 2. The Labute approximate surface area is 142 Å². The first-order valence-corrected chi connectivity index (χ1v) is 8.35. The maximum Gasteiger partial charge on any atom is 0.308 e. The molecular formula is C18H25NO5. The number of carboxylic acid groups (broad SMARTS) is 1. The molecule has 2 rings (SSSR count). The molecule has 1 aliphatic rings. The number of aliphatic carboxylic acids is 1. The number of carboxylic acids is 1. The summed E-state index contributed by atoms with van der Waals surface area (Å²) in [5, 5.41) is 12.2. The highest BCUT2D eigenvalue weighted by molar-refractivity contribution is 5.82. The highest BCUT2D eigenvalue weighted by atomic mass is 16.5. The van der Waals surface area contributed by atoms with Gasteiger partial charge in [-0.2, -0.15) is 0 Å². The van der Waals surface area contributed by atoms with Crippen molar-refractivity contribution in [3.8, 4) is 11.5 Å². The van der Waals surface area contributed by atoms with E-state index in [1.54, 1.807) is 38.3 Å². The molecule has 3 atom stereocenters. The molecule has 24 heavy (non-hydrogen) atoms. The van der Waals surface area contributed by atoms with Crippen LogP contribution in [-0.2, 0) is 9.59 Å². The van der Waals surface area contributed by atoms with Crippen LogP contribution < -0.4 is 14.8 Å². The van der Waals surface area contributed by atoms with Crippen molar-refractivity contribution in [3.05, 3.63) is 24.3 Å². The molecule has 0 saturated heterocycles. The zero-order chi connectivity index (χ0) is 17.5. The Morgan fingerprint density at radius 1 is 1.12 bits per heavy atom. The van der Waals surface area contributed by atoms with Gasteiger partial charge in [0.15, 0.2) is 6.10 Å². The number of amides is 1. The number of ether oxygens (including phenoxy) is 2. The summed E-state index contributed by atoms with van der Waals surface area (Å²) in [6.07, 6.45) is 3.43. The average molecular weight is 335 g/mol. The average Bonchev–Trinajstić information content (AvgIpc) is 2.81. The number of rotatable bonds is 6. The molecule has 132 valence electrons. The van der Waals surface area contributed by atoms with Crippen molar-refractivity contribution in [1.82, 2.24) is 5.32 Å². The molecule has 0 aliphatic heterocycles. The van der Waals surface area contributed by atoms with E-state index in [4.69, 9.17) is 9.47 Å². The second-order valence-electron chi connectivity index (χ2n) is 6.13. The molecule has 0 heterocycles. The first-order valence-electron chi connectivity index (χ1n) is 8.35. The largest absolute Gasteiger partial charge is 0.497 e. The van der Waals surface area contributed by atoms with Gasteiger partial charge in [-0.25, -0.2) is 0 Å². The van der Waals surface area contributed by atoms with Gasteiger partial charge in [0.1, 0.15) is 11.5 Å². The molecular weight excluding hydrogens is 310 g/mol. The second kappa shape index (κ2) is 8.57. The molecule has 2 N–H and O–H groups in total. The van der Waals surface area contributed by atoms with Crippen LogP contribution in [0.15, 0.2) is 24.3 Å². The minimum atomic E-state index is -0.842. The summed E-state index contributed by atoms with van der Waals surface area (Å²) in [6.45, 7) is 1.66. The predicted molar refractivity (Wildman–Crippen MR) is 89.2 cm³/mol. The topological polar surface area (TPSA) is 84.9 Å². The van der Waals surface area contributed by atoms with Crippen LogP contribution in [0.25, 0.3) is 0 Å². The maximum absolute atomic E-state index is 12.4. The van der Waals surface area contributed by atoms with E-state index in [0.29, 0.717) is 24.3 Å². The van der Waals surface area contributed by atoms with Crippen molar-refractivity contribution < 1.29 is 24.2 Å². The van der Waals surface area contributed by atoms with E-state index in [-0.39, 0.29) is 11.9 Å². The molecule has 1 amide bonds. The number of carbonyl (C=O) groups excluding carboxylic acids is 1. The van der Waals surface area contributed by atoms with Gasteiger partial charge < -0.3 is 19.9 Å². The fraction of sp³-hybridized carbons (Fsp3) is 0.556. The molecule has 1 saturated carbocycles. The van der Waals surface area contributed by atoms with Crippen LogP contribution in [0.2, 0.25) is 0 Å². The van der Waals surface area contributed by atoms with Crippen molar-refractivity contribution in [1.29, 1.82) is 0 Å². The Kier molecular flexibility index (Phi) is 6.46. The van der Waals surface area contributed by atoms with Crippen LogP contribution in [0.3, 0.4) is 0 Å². The second-order valence-corrected chi connectivity index (χ2v) is 6.13. The summed E-state index contributed by atoms with van der Waals surface area (Å²) in [7, 11) is 1.58. The van der Waals surface area contributed by atoms with Crippen LogP contribution in [0.4, 0.5) is 0 Å². The van der Waals surface area contributed by atoms with Gasteiger partial charge in [0.2, 0.25) is 0 Å². The number of nitrogens with one attached hydrogen (secondary N) is 1. The Morgan fingerprint density at radius 3 is 2.38 bits per heavy atom. The van der Waals surface area contributed by atoms with E-state index in [1.807, 2.05) is 0 Å². The molecule has 1 fully saturated rings. The lowest BCUT2D eigenvalue weighted by Crippen LogP contribution is -2.47. The molecule has 1 aliphatic carbocycles. The van der Waals surface area contributed by atoms with Gasteiger partial charge in [0, 0.05) is 6.04 Å². The quantitative estimate of drug-likeness (QED) is 0.781. The van der Waals surface area contributed by atoms with Gasteiger partial charge in [0.25, 0.3) is 5.91 Å². The number of benzene rings is 1. The standard InChI is InChI=1S/C18H25NO5/c1-12(24-14-10-8-13(23-2)9-11-14)17(20)19-16-7-5-3-4-6-15(16)18(21)22/h8-12,15-16H,3-7H2,1-2H3,(H,19,20)(H,21,22)/t12?,15-,16+/m1/s1. The zero-order valence-corrected chi connectivity index (χ0v) is 14.2. The highest BCUT2D eigenvalue weighted by Gasteiger charge is 2.31. The number of methoxy groups -OCH3 is 1. The first-order chi connectivity index (χ1) is 11.5. The van der Waals surface area contributed by atoms with Crippen LogP contribution in [0, 0.1) is 5.92 Å². The molecule has 0 bridgehead atoms. The number of hydrogen-bond acceptors (Lipinski definition) is 4. The molecule has 6 nitrogen and oxygen atoms in total. The molecule has 0 spiro atoms. The minimum Gasteiger partial charge on any atom is -0.497 e. The molecule has 1 unspecified atom stereocenters. The van der Waals surface area contributed by atoms with E-state index in [1.165, 1.54) is 0 Å². The van der Waals surface area contributed by atoms with Crippen molar-refractivity contribution in [3.63, 3.8) is 0 Å². The lowest BCUT2D eigenvalue weighted by molar-refractivity contribution is -0.143. The Hall–Kier alpha value is -2.24. The van der Waals surface area contributed by atoms with Crippen LogP contribution in [-0.4, -0.2) is 36.2 Å². The summed E-state index contributed by atoms with van der Waals surface area (Å²) in [4.78, 5) is 23.8. The van der Waals surface area contributed by atoms with Crippen molar-refractivity contribution in [2.24, 2.45) is 5.92 Å². The highest BCUT2D eigenvalue weighted by Crippen LogP contribution is 2.24. The van der Waals surface area contributed by atoms with Gasteiger partial charge in [-0.1, -0.05) is 19.3 Å². The molecule has 0 radical (unpaired) electrons. The third-order valence-electron chi connectivity index (χ3n) is 4.40. The predicted octanol–water partition coefficient (Wildman–Crippen LogP) is 2.61. The third-order valence-corrected chi connectivity index (χ3v) is 4.40. The summed E-state index contributed by atoms with van der Waals surface area (Å²) in [5.74, 6) is -0.379. The summed E-state index contributed by atoms with van der Waals surface area (Å²) >= 11 is 0.